The second kappa shape index (κ2) is 2.55. The fraction of sp³-hybridized carbons (Fsp3) is 0. The van der Waals surface area contributed by atoms with Crippen molar-refractivity contribution in [2.24, 2.45) is 0 Å². The van der Waals surface area contributed by atoms with Crippen LogP contribution in [0.5, 0.6) is 0 Å². The fourth-order valence-corrected chi connectivity index (χ4v) is 0.967. The van der Waals surface area contributed by atoms with E-state index >= 15 is 0 Å². The minimum atomic E-state index is 0.508. The standard InChI is InChI=1S/C8H4N4/c9-5-6-1-2-11-8-7(6)10-3-4-12-8/h1-4H. The number of hydrogen-bond acceptors (Lipinski definition) is 4. The molecule has 0 saturated carbocycles. The molecular weight excluding hydrogens is 152 g/mol. The number of nitrogens with zero attached hydrogens (tertiary/aromatic N) is 4. The van der Waals surface area contributed by atoms with E-state index in [0.717, 1.165) is 0 Å². The molecule has 0 amide bonds. The lowest BCUT2D eigenvalue weighted by Crippen LogP contribution is -1.88. The summed E-state index contributed by atoms with van der Waals surface area (Å²) in [7, 11) is 0. The zero-order valence-electron chi connectivity index (χ0n) is 6.10. The summed E-state index contributed by atoms with van der Waals surface area (Å²) >= 11 is 0. The third kappa shape index (κ3) is 0.883. The molecule has 0 radical (unpaired) electrons. The SMILES string of the molecule is N#Cc1ccnc2nccnc12. The Labute approximate surface area is 68.5 Å². The molecule has 2 aromatic rings. The molecular formula is C8H4N4. The van der Waals surface area contributed by atoms with Gasteiger partial charge in [0.1, 0.15) is 11.6 Å². The maximum atomic E-state index is 8.69. The van der Waals surface area contributed by atoms with Gasteiger partial charge in [-0.1, -0.05) is 0 Å². The Kier molecular flexibility index (Phi) is 1.42. The number of hydrogen-bond donors (Lipinski definition) is 0. The van der Waals surface area contributed by atoms with Gasteiger partial charge in [0.25, 0.3) is 0 Å². The van der Waals surface area contributed by atoms with E-state index in [9.17, 15) is 0 Å². The van der Waals surface area contributed by atoms with Gasteiger partial charge in [-0.05, 0) is 6.07 Å². The summed E-state index contributed by atoms with van der Waals surface area (Å²) in [6.07, 6.45) is 4.65. The summed E-state index contributed by atoms with van der Waals surface area (Å²) in [4.78, 5) is 11.9. The van der Waals surface area contributed by atoms with E-state index in [0.29, 0.717) is 16.7 Å². The quantitative estimate of drug-likeness (QED) is 0.568. The molecule has 2 aromatic heterocycles. The van der Waals surface area contributed by atoms with E-state index < -0.39 is 0 Å². The van der Waals surface area contributed by atoms with E-state index in [4.69, 9.17) is 5.26 Å². The lowest BCUT2D eigenvalue weighted by atomic mass is 10.2. The molecule has 0 N–H and O–H groups in total. The summed E-state index contributed by atoms with van der Waals surface area (Å²) in [5.41, 5.74) is 1.58. The molecule has 0 saturated heterocycles. The van der Waals surface area contributed by atoms with Gasteiger partial charge in [0.05, 0.1) is 5.56 Å². The molecule has 12 heavy (non-hydrogen) atoms. The summed E-state index contributed by atoms with van der Waals surface area (Å²) in [6.45, 7) is 0. The van der Waals surface area contributed by atoms with E-state index in [-0.39, 0.29) is 0 Å². The van der Waals surface area contributed by atoms with E-state index in [1.165, 1.54) is 0 Å². The van der Waals surface area contributed by atoms with Crippen LogP contribution < -0.4 is 0 Å². The average Bonchev–Trinajstić information content (AvgIpc) is 2.17. The van der Waals surface area contributed by atoms with Crippen molar-refractivity contribution in [2.75, 3.05) is 0 Å². The zero-order valence-corrected chi connectivity index (χ0v) is 6.10. The van der Waals surface area contributed by atoms with Crippen LogP contribution in [0.2, 0.25) is 0 Å². The van der Waals surface area contributed by atoms with Gasteiger partial charge in [0, 0.05) is 18.6 Å². The average molecular weight is 156 g/mol. The highest BCUT2D eigenvalue weighted by Crippen LogP contribution is 2.08. The second-order valence-corrected chi connectivity index (χ2v) is 2.20. The minimum Gasteiger partial charge on any atom is -0.250 e. The third-order valence-corrected chi connectivity index (χ3v) is 1.49. The summed E-state index contributed by atoms with van der Waals surface area (Å²) in [6, 6.07) is 3.65. The number of rotatable bonds is 0. The molecule has 56 valence electrons. The molecule has 2 heterocycles. The first-order valence-corrected chi connectivity index (χ1v) is 3.37. The number of fused-ring (bicyclic) bond motifs is 1. The molecule has 4 heteroatoms. The summed E-state index contributed by atoms with van der Waals surface area (Å²) in [5.74, 6) is 0. The van der Waals surface area contributed by atoms with Crippen LogP contribution in [0.1, 0.15) is 5.56 Å². The van der Waals surface area contributed by atoms with Crippen LogP contribution in [0.15, 0.2) is 24.7 Å². The van der Waals surface area contributed by atoms with Crippen molar-refractivity contribution in [3.05, 3.63) is 30.2 Å². The van der Waals surface area contributed by atoms with Crippen LogP contribution >= 0.6 is 0 Å². The first-order chi connectivity index (χ1) is 5.92. The summed E-state index contributed by atoms with van der Waals surface area (Å²) < 4.78 is 0. The van der Waals surface area contributed by atoms with Gasteiger partial charge in [-0.25, -0.2) is 15.0 Å². The van der Waals surface area contributed by atoms with Gasteiger partial charge < -0.3 is 0 Å². The topological polar surface area (TPSA) is 62.5 Å². The van der Waals surface area contributed by atoms with Crippen molar-refractivity contribution in [1.82, 2.24) is 15.0 Å². The van der Waals surface area contributed by atoms with Crippen LogP contribution in [0.25, 0.3) is 11.2 Å². The van der Waals surface area contributed by atoms with Crippen molar-refractivity contribution >= 4 is 11.2 Å². The Morgan fingerprint density at radius 2 is 1.83 bits per heavy atom. The van der Waals surface area contributed by atoms with Gasteiger partial charge in [0.15, 0.2) is 5.65 Å². The van der Waals surface area contributed by atoms with Crippen LogP contribution in [-0.2, 0) is 0 Å². The highest BCUT2D eigenvalue weighted by atomic mass is 14.9. The zero-order chi connectivity index (χ0) is 8.39. The molecule has 0 aliphatic heterocycles. The second-order valence-electron chi connectivity index (χ2n) is 2.20. The molecule has 0 aliphatic rings. The lowest BCUT2D eigenvalue weighted by Gasteiger charge is -1.94. The van der Waals surface area contributed by atoms with Crippen LogP contribution in [0.3, 0.4) is 0 Å². The van der Waals surface area contributed by atoms with Gasteiger partial charge in [0.2, 0.25) is 0 Å². The highest BCUT2D eigenvalue weighted by Gasteiger charge is 2.00. The third-order valence-electron chi connectivity index (χ3n) is 1.49. The van der Waals surface area contributed by atoms with Gasteiger partial charge in [-0.3, -0.25) is 0 Å². The Hall–Kier alpha value is -2.02. The van der Waals surface area contributed by atoms with Gasteiger partial charge in [-0.2, -0.15) is 5.26 Å². The first-order valence-electron chi connectivity index (χ1n) is 3.37. The Morgan fingerprint density at radius 1 is 1.08 bits per heavy atom. The van der Waals surface area contributed by atoms with Gasteiger partial charge in [-0.15, -0.1) is 0 Å². The first kappa shape index (κ1) is 6.68. The molecule has 0 unspecified atom stereocenters. The van der Waals surface area contributed by atoms with Crippen molar-refractivity contribution in [3.8, 4) is 6.07 Å². The number of aromatic nitrogens is 3. The number of pyridine rings is 1. The lowest BCUT2D eigenvalue weighted by molar-refractivity contribution is 1.22. The molecule has 0 aromatic carbocycles. The van der Waals surface area contributed by atoms with Crippen molar-refractivity contribution in [1.29, 1.82) is 5.26 Å². The van der Waals surface area contributed by atoms with E-state index in [1.54, 1.807) is 24.7 Å². The normalized spacial score (nSPS) is 9.58. The Morgan fingerprint density at radius 3 is 2.67 bits per heavy atom. The van der Waals surface area contributed by atoms with Gasteiger partial charge >= 0.3 is 0 Å². The molecule has 2 rings (SSSR count). The molecule has 4 nitrogen and oxygen atoms in total. The fourth-order valence-electron chi connectivity index (χ4n) is 0.967. The molecule has 0 atom stereocenters. The van der Waals surface area contributed by atoms with Crippen LogP contribution in [0, 0.1) is 11.3 Å². The Balaban J connectivity index is 2.91. The van der Waals surface area contributed by atoms with Crippen molar-refractivity contribution < 1.29 is 0 Å². The highest BCUT2D eigenvalue weighted by molar-refractivity contribution is 5.76. The minimum absolute atomic E-state index is 0.508. The van der Waals surface area contributed by atoms with Crippen molar-refractivity contribution in [2.45, 2.75) is 0 Å². The van der Waals surface area contributed by atoms with E-state index in [1.807, 2.05) is 6.07 Å². The van der Waals surface area contributed by atoms with Crippen LogP contribution in [-0.4, -0.2) is 15.0 Å². The monoisotopic (exact) mass is 156 g/mol. The van der Waals surface area contributed by atoms with Crippen molar-refractivity contribution in [3.63, 3.8) is 0 Å². The molecule has 0 aliphatic carbocycles. The largest absolute Gasteiger partial charge is 0.250 e. The maximum Gasteiger partial charge on any atom is 0.179 e. The Bertz CT molecular complexity index is 453. The maximum absolute atomic E-state index is 8.69. The smallest absolute Gasteiger partial charge is 0.179 e. The van der Waals surface area contributed by atoms with Crippen LogP contribution in [0.4, 0.5) is 0 Å². The molecule has 0 fully saturated rings. The number of nitriles is 1. The predicted molar refractivity (Wildman–Crippen MR) is 42.0 cm³/mol. The molecule has 0 bridgehead atoms. The summed E-state index contributed by atoms with van der Waals surface area (Å²) in [5, 5.41) is 8.69. The van der Waals surface area contributed by atoms with E-state index in [2.05, 4.69) is 15.0 Å². The predicted octanol–water partition coefficient (Wildman–Crippen LogP) is 0.896. The molecule has 0 spiro atoms.